The van der Waals surface area contributed by atoms with Gasteiger partial charge in [-0.3, -0.25) is 9.78 Å². The summed E-state index contributed by atoms with van der Waals surface area (Å²) in [4.78, 5) is 15.0. The zero-order valence-electron chi connectivity index (χ0n) is 6.87. The molecule has 1 rings (SSSR count). The number of alkyl halides is 1. The van der Waals surface area contributed by atoms with Gasteiger partial charge in [-0.15, -0.1) is 24.0 Å². The summed E-state index contributed by atoms with van der Waals surface area (Å²) < 4.78 is 0. The number of carbonyl (C=O) groups is 1. The van der Waals surface area contributed by atoms with Crippen LogP contribution in [0.1, 0.15) is 10.5 Å². The van der Waals surface area contributed by atoms with Crippen molar-refractivity contribution in [1.82, 2.24) is 10.3 Å². The highest BCUT2D eigenvalue weighted by Crippen LogP contribution is 1.91. The van der Waals surface area contributed by atoms with E-state index in [1.807, 2.05) is 0 Å². The molecule has 0 spiro atoms. The van der Waals surface area contributed by atoms with E-state index in [1.165, 1.54) is 0 Å². The second-order valence-corrected chi connectivity index (χ2v) is 2.54. The number of nitrogens with one attached hydrogen (secondary N) is 1. The van der Waals surface area contributed by atoms with E-state index < -0.39 is 0 Å². The molecule has 0 aromatic carbocycles. The highest BCUT2D eigenvalue weighted by atomic mass is 35.5. The average Bonchev–Trinajstić information content (AvgIpc) is 2.15. The molecule has 0 unspecified atom stereocenters. The molecule has 0 saturated heterocycles. The number of rotatable bonds is 3. The Hall–Kier alpha value is -0.800. The van der Waals surface area contributed by atoms with Gasteiger partial charge in [-0.1, -0.05) is 6.07 Å². The summed E-state index contributed by atoms with van der Waals surface area (Å²) in [5, 5.41) is 2.62. The van der Waals surface area contributed by atoms with Crippen LogP contribution in [-0.2, 0) is 0 Å². The Morgan fingerprint density at radius 3 is 2.85 bits per heavy atom. The topological polar surface area (TPSA) is 42.0 Å². The fraction of sp³-hybridized carbons (Fsp3) is 0.250. The smallest absolute Gasteiger partial charge is 0.269 e. The van der Waals surface area contributed by atoms with Crippen LogP contribution in [0.15, 0.2) is 24.4 Å². The summed E-state index contributed by atoms with van der Waals surface area (Å²) >= 11 is 5.40. The summed E-state index contributed by atoms with van der Waals surface area (Å²) in [5.74, 6) is 0.231. The van der Waals surface area contributed by atoms with Gasteiger partial charge in [-0.05, 0) is 12.1 Å². The van der Waals surface area contributed by atoms with Gasteiger partial charge in [0.05, 0.1) is 0 Å². The van der Waals surface area contributed by atoms with Gasteiger partial charge in [-0.2, -0.15) is 0 Å². The van der Waals surface area contributed by atoms with Gasteiger partial charge >= 0.3 is 0 Å². The van der Waals surface area contributed by atoms with Crippen LogP contribution in [0.3, 0.4) is 0 Å². The van der Waals surface area contributed by atoms with Gasteiger partial charge in [0.1, 0.15) is 5.69 Å². The third kappa shape index (κ3) is 4.10. The summed E-state index contributed by atoms with van der Waals surface area (Å²) in [7, 11) is 0. The van der Waals surface area contributed by atoms with Crippen LogP contribution in [-0.4, -0.2) is 23.3 Å². The van der Waals surface area contributed by atoms with Gasteiger partial charge in [0.25, 0.3) is 5.91 Å². The Balaban J connectivity index is 0.00000144. The van der Waals surface area contributed by atoms with Crippen molar-refractivity contribution in [3.8, 4) is 0 Å². The highest BCUT2D eigenvalue weighted by Gasteiger charge is 2.03. The molecule has 1 aromatic heterocycles. The molecule has 1 aromatic rings. The van der Waals surface area contributed by atoms with Crippen molar-refractivity contribution in [2.75, 3.05) is 12.4 Å². The van der Waals surface area contributed by atoms with Crippen LogP contribution in [0, 0.1) is 0 Å². The maximum Gasteiger partial charge on any atom is 0.269 e. The lowest BCUT2D eigenvalue weighted by Crippen LogP contribution is -2.25. The molecule has 0 aliphatic heterocycles. The van der Waals surface area contributed by atoms with Crippen LogP contribution in [0.5, 0.6) is 0 Å². The first kappa shape index (κ1) is 12.2. The van der Waals surface area contributed by atoms with Crippen molar-refractivity contribution < 1.29 is 4.79 Å². The Morgan fingerprint density at radius 2 is 2.31 bits per heavy atom. The monoisotopic (exact) mass is 220 g/mol. The molecule has 0 aliphatic carbocycles. The normalized spacial score (nSPS) is 8.69. The number of halogens is 2. The van der Waals surface area contributed by atoms with E-state index in [9.17, 15) is 4.79 Å². The molecular formula is C8H10Cl2N2O. The molecule has 1 amide bonds. The SMILES string of the molecule is Cl.O=C(NCCCl)c1ccccn1. The largest absolute Gasteiger partial charge is 0.350 e. The lowest BCUT2D eigenvalue weighted by molar-refractivity contribution is 0.0951. The zero-order valence-corrected chi connectivity index (χ0v) is 8.44. The maximum absolute atomic E-state index is 11.2. The van der Waals surface area contributed by atoms with Crippen molar-refractivity contribution in [1.29, 1.82) is 0 Å². The molecule has 3 nitrogen and oxygen atoms in total. The molecule has 0 atom stereocenters. The predicted octanol–water partition coefficient (Wildman–Crippen LogP) is 1.47. The van der Waals surface area contributed by atoms with Gasteiger partial charge in [0, 0.05) is 18.6 Å². The van der Waals surface area contributed by atoms with E-state index in [4.69, 9.17) is 11.6 Å². The first-order chi connectivity index (χ1) is 5.84. The van der Waals surface area contributed by atoms with Gasteiger partial charge in [-0.25, -0.2) is 0 Å². The van der Waals surface area contributed by atoms with Crippen LogP contribution in [0.25, 0.3) is 0 Å². The molecule has 0 bridgehead atoms. The van der Waals surface area contributed by atoms with Crippen LogP contribution in [0.2, 0.25) is 0 Å². The third-order valence-electron chi connectivity index (χ3n) is 1.28. The fourth-order valence-electron chi connectivity index (χ4n) is 0.748. The van der Waals surface area contributed by atoms with E-state index in [2.05, 4.69) is 10.3 Å². The molecule has 1 heterocycles. The van der Waals surface area contributed by atoms with Crippen molar-refractivity contribution in [2.24, 2.45) is 0 Å². The molecule has 72 valence electrons. The predicted molar refractivity (Wildman–Crippen MR) is 54.5 cm³/mol. The first-order valence-corrected chi connectivity index (χ1v) is 4.13. The number of carbonyl (C=O) groups excluding carboxylic acids is 1. The van der Waals surface area contributed by atoms with E-state index >= 15 is 0 Å². The summed E-state index contributed by atoms with van der Waals surface area (Å²) in [6, 6.07) is 5.19. The minimum absolute atomic E-state index is 0. The van der Waals surface area contributed by atoms with E-state index in [1.54, 1.807) is 24.4 Å². The molecule has 13 heavy (non-hydrogen) atoms. The Bertz CT molecular complexity index is 254. The Labute approximate surface area is 87.9 Å². The number of hydrogen-bond donors (Lipinski definition) is 1. The molecular weight excluding hydrogens is 211 g/mol. The van der Waals surface area contributed by atoms with Crippen LogP contribution < -0.4 is 5.32 Å². The second kappa shape index (κ2) is 6.69. The molecule has 0 aliphatic rings. The number of nitrogens with zero attached hydrogens (tertiary/aromatic N) is 1. The third-order valence-corrected chi connectivity index (χ3v) is 1.47. The van der Waals surface area contributed by atoms with Crippen LogP contribution in [0.4, 0.5) is 0 Å². The van der Waals surface area contributed by atoms with Crippen molar-refractivity contribution in [2.45, 2.75) is 0 Å². The summed E-state index contributed by atoms with van der Waals surface area (Å²) in [6.07, 6.45) is 1.58. The standard InChI is InChI=1S/C8H9ClN2O.ClH/c9-4-6-11-8(12)7-3-1-2-5-10-7;/h1-3,5H,4,6H2,(H,11,12);1H. The Kier molecular flexibility index (Phi) is 6.28. The number of hydrogen-bond acceptors (Lipinski definition) is 2. The molecule has 1 N–H and O–H groups in total. The minimum Gasteiger partial charge on any atom is -0.350 e. The first-order valence-electron chi connectivity index (χ1n) is 3.60. The number of amides is 1. The fourth-order valence-corrected chi connectivity index (χ4v) is 0.843. The van der Waals surface area contributed by atoms with Gasteiger partial charge < -0.3 is 5.32 Å². The second-order valence-electron chi connectivity index (χ2n) is 2.16. The maximum atomic E-state index is 11.2. The van der Waals surface area contributed by atoms with Crippen molar-refractivity contribution in [3.05, 3.63) is 30.1 Å². The minimum atomic E-state index is -0.184. The lowest BCUT2D eigenvalue weighted by Gasteiger charge is -2.00. The van der Waals surface area contributed by atoms with Crippen LogP contribution >= 0.6 is 24.0 Å². The summed E-state index contributed by atoms with van der Waals surface area (Å²) in [6.45, 7) is 0.469. The van der Waals surface area contributed by atoms with Crippen molar-refractivity contribution in [3.63, 3.8) is 0 Å². The van der Waals surface area contributed by atoms with E-state index in [0.29, 0.717) is 18.1 Å². The van der Waals surface area contributed by atoms with Gasteiger partial charge in [0.2, 0.25) is 0 Å². The van der Waals surface area contributed by atoms with E-state index in [-0.39, 0.29) is 18.3 Å². The average molecular weight is 221 g/mol. The Morgan fingerprint density at radius 1 is 1.54 bits per heavy atom. The molecule has 5 heteroatoms. The highest BCUT2D eigenvalue weighted by molar-refractivity contribution is 6.18. The molecule has 0 saturated carbocycles. The zero-order chi connectivity index (χ0) is 8.81. The van der Waals surface area contributed by atoms with Gasteiger partial charge in [0.15, 0.2) is 0 Å². The van der Waals surface area contributed by atoms with Crippen molar-refractivity contribution >= 4 is 29.9 Å². The molecule has 0 fully saturated rings. The number of aromatic nitrogens is 1. The van der Waals surface area contributed by atoms with E-state index in [0.717, 1.165) is 0 Å². The molecule has 0 radical (unpaired) electrons. The quantitative estimate of drug-likeness (QED) is 0.785. The lowest BCUT2D eigenvalue weighted by atomic mass is 10.3. The summed E-state index contributed by atoms with van der Waals surface area (Å²) in [5.41, 5.74) is 0.419. The number of pyridine rings is 1.